The lowest BCUT2D eigenvalue weighted by molar-refractivity contribution is 0.669. The van der Waals surface area contributed by atoms with Gasteiger partial charge in [-0.05, 0) is 138 Å². The predicted molar refractivity (Wildman–Crippen MR) is 237 cm³/mol. The predicted octanol–water partition coefficient (Wildman–Crippen LogP) is 15.5. The first-order chi connectivity index (χ1) is 27.7. The van der Waals surface area contributed by atoms with Crippen molar-refractivity contribution in [3.05, 3.63) is 212 Å². The van der Waals surface area contributed by atoms with Crippen LogP contribution in [0.2, 0.25) is 0 Å². The highest BCUT2D eigenvalue weighted by molar-refractivity contribution is 6.10. The molecule has 0 spiro atoms. The van der Waals surface area contributed by atoms with Gasteiger partial charge in [0.15, 0.2) is 0 Å². The fraction of sp³-hybridized carbons (Fsp3) is 0. The molecule has 1 heterocycles. The summed E-state index contributed by atoms with van der Waals surface area (Å²) in [6.45, 7) is 0. The van der Waals surface area contributed by atoms with Gasteiger partial charge in [0.2, 0.25) is 0 Å². The van der Waals surface area contributed by atoms with Crippen molar-refractivity contribution in [1.29, 1.82) is 0 Å². The lowest BCUT2D eigenvalue weighted by Gasteiger charge is -2.26. The largest absolute Gasteiger partial charge is 0.456 e. The summed E-state index contributed by atoms with van der Waals surface area (Å²) in [5.74, 6) is 0. The summed E-state index contributed by atoms with van der Waals surface area (Å²) in [6.07, 6.45) is 0. The summed E-state index contributed by atoms with van der Waals surface area (Å²) >= 11 is 0. The molecule has 0 aliphatic rings. The maximum absolute atomic E-state index is 6.23. The van der Waals surface area contributed by atoms with Crippen LogP contribution in [0.4, 0.5) is 17.1 Å². The van der Waals surface area contributed by atoms with E-state index >= 15 is 0 Å². The van der Waals surface area contributed by atoms with Crippen LogP contribution in [0.3, 0.4) is 0 Å². The molecule has 1 aromatic heterocycles. The molecule has 0 saturated heterocycles. The van der Waals surface area contributed by atoms with Crippen LogP contribution >= 0.6 is 0 Å². The molecule has 0 atom stereocenters. The summed E-state index contributed by atoms with van der Waals surface area (Å²) in [5.41, 5.74) is 12.3. The fourth-order valence-electron chi connectivity index (χ4n) is 8.24. The number of rotatable bonds is 6. The molecule has 2 heteroatoms. The van der Waals surface area contributed by atoms with Gasteiger partial charge >= 0.3 is 0 Å². The van der Waals surface area contributed by atoms with Crippen molar-refractivity contribution < 1.29 is 4.42 Å². The van der Waals surface area contributed by atoms with Gasteiger partial charge in [0.1, 0.15) is 11.2 Å². The highest BCUT2D eigenvalue weighted by atomic mass is 16.3. The first-order valence-electron chi connectivity index (χ1n) is 19.1. The van der Waals surface area contributed by atoms with E-state index in [9.17, 15) is 0 Å². The number of furan rings is 1. The maximum atomic E-state index is 6.23. The average molecular weight is 714 g/mol. The lowest BCUT2D eigenvalue weighted by atomic mass is 9.99. The minimum atomic E-state index is 0.917. The average Bonchev–Trinajstić information content (AvgIpc) is 3.63. The molecule has 0 aliphatic heterocycles. The van der Waals surface area contributed by atoms with Crippen molar-refractivity contribution in [3.8, 4) is 33.4 Å². The first-order valence-corrected chi connectivity index (χ1v) is 19.1. The van der Waals surface area contributed by atoms with E-state index < -0.39 is 0 Å². The zero-order chi connectivity index (χ0) is 37.0. The Morgan fingerprint density at radius 1 is 0.250 bits per heavy atom. The van der Waals surface area contributed by atoms with E-state index in [2.05, 4.69) is 205 Å². The smallest absolute Gasteiger partial charge is 0.136 e. The van der Waals surface area contributed by atoms with Gasteiger partial charge in [0.25, 0.3) is 0 Å². The van der Waals surface area contributed by atoms with Crippen LogP contribution in [0.1, 0.15) is 0 Å². The Morgan fingerprint density at radius 2 is 0.643 bits per heavy atom. The second kappa shape index (κ2) is 13.2. The molecular weight excluding hydrogens is 679 g/mol. The summed E-state index contributed by atoms with van der Waals surface area (Å²) in [4.78, 5) is 2.34. The number of benzene rings is 10. The Balaban J connectivity index is 0.956. The maximum Gasteiger partial charge on any atom is 0.136 e. The first kappa shape index (κ1) is 32.0. The number of anilines is 3. The van der Waals surface area contributed by atoms with Gasteiger partial charge in [0, 0.05) is 27.8 Å². The van der Waals surface area contributed by atoms with Crippen molar-refractivity contribution in [2.75, 3.05) is 4.90 Å². The number of fused-ring (bicyclic) bond motifs is 6. The Hall–Kier alpha value is -7.42. The molecule has 0 fully saturated rings. The van der Waals surface area contributed by atoms with E-state index in [-0.39, 0.29) is 0 Å². The van der Waals surface area contributed by atoms with E-state index in [1.165, 1.54) is 60.3 Å². The highest BCUT2D eigenvalue weighted by Crippen LogP contribution is 2.39. The number of para-hydroxylation sites is 1. The molecule has 0 aliphatic carbocycles. The third kappa shape index (κ3) is 5.68. The summed E-state index contributed by atoms with van der Waals surface area (Å²) in [7, 11) is 0. The molecule has 0 radical (unpaired) electrons. The van der Waals surface area contributed by atoms with Crippen LogP contribution in [0, 0.1) is 0 Å². The van der Waals surface area contributed by atoms with Crippen LogP contribution in [-0.4, -0.2) is 0 Å². The van der Waals surface area contributed by atoms with E-state index in [1.54, 1.807) is 0 Å². The third-order valence-corrected chi connectivity index (χ3v) is 11.2. The summed E-state index contributed by atoms with van der Waals surface area (Å²) < 4.78 is 6.23. The minimum absolute atomic E-state index is 0.917. The molecular formula is C54H35NO. The fourth-order valence-corrected chi connectivity index (χ4v) is 8.24. The van der Waals surface area contributed by atoms with Crippen LogP contribution < -0.4 is 4.90 Å². The van der Waals surface area contributed by atoms with Crippen molar-refractivity contribution in [1.82, 2.24) is 0 Å². The van der Waals surface area contributed by atoms with Crippen molar-refractivity contribution in [3.63, 3.8) is 0 Å². The number of hydrogen-bond donors (Lipinski definition) is 0. The second-order valence-electron chi connectivity index (χ2n) is 14.6. The minimum Gasteiger partial charge on any atom is -0.456 e. The summed E-state index contributed by atoms with van der Waals surface area (Å²) in [6, 6.07) is 76.7. The standard InChI is InChI=1S/C54H35NO/c1-3-9-41-31-43(15-13-36(41)7-1)38-19-25-48(26-20-38)55(49-27-21-39(22-28-49)44-16-14-37-8-2-4-10-42(37)32-44)50-29-23-40(24-30-50)45-17-18-46-34-52-51-11-5-6-12-53(51)56-54(52)35-47(46)33-45/h1-35H. The topological polar surface area (TPSA) is 16.4 Å². The second-order valence-corrected chi connectivity index (χ2v) is 14.6. The Bertz CT molecular complexity index is 3110. The van der Waals surface area contributed by atoms with Crippen LogP contribution in [0.25, 0.3) is 87.6 Å². The van der Waals surface area contributed by atoms with Crippen LogP contribution in [0.5, 0.6) is 0 Å². The molecule has 10 aromatic carbocycles. The van der Waals surface area contributed by atoms with E-state index in [4.69, 9.17) is 4.42 Å². The van der Waals surface area contributed by atoms with Crippen molar-refractivity contribution in [2.24, 2.45) is 0 Å². The molecule has 0 saturated carbocycles. The quantitative estimate of drug-likeness (QED) is 0.171. The van der Waals surface area contributed by atoms with E-state index in [1.807, 2.05) is 12.1 Å². The molecule has 56 heavy (non-hydrogen) atoms. The van der Waals surface area contributed by atoms with Crippen LogP contribution in [0.15, 0.2) is 217 Å². The lowest BCUT2D eigenvalue weighted by Crippen LogP contribution is -2.09. The zero-order valence-corrected chi connectivity index (χ0v) is 30.6. The monoisotopic (exact) mass is 713 g/mol. The van der Waals surface area contributed by atoms with Gasteiger partial charge < -0.3 is 9.32 Å². The zero-order valence-electron chi connectivity index (χ0n) is 30.6. The van der Waals surface area contributed by atoms with Gasteiger partial charge in [-0.25, -0.2) is 0 Å². The molecule has 0 N–H and O–H groups in total. The number of nitrogens with zero attached hydrogens (tertiary/aromatic N) is 1. The summed E-state index contributed by atoms with van der Waals surface area (Å²) in [5, 5.41) is 9.67. The highest BCUT2D eigenvalue weighted by Gasteiger charge is 2.15. The molecule has 11 rings (SSSR count). The van der Waals surface area contributed by atoms with E-state index in [0.29, 0.717) is 0 Å². The van der Waals surface area contributed by atoms with Gasteiger partial charge in [-0.1, -0.05) is 140 Å². The normalized spacial score (nSPS) is 11.6. The van der Waals surface area contributed by atoms with Crippen LogP contribution in [-0.2, 0) is 0 Å². The molecule has 2 nitrogen and oxygen atoms in total. The van der Waals surface area contributed by atoms with Gasteiger partial charge in [-0.3, -0.25) is 0 Å². The van der Waals surface area contributed by atoms with Crippen molar-refractivity contribution >= 4 is 71.3 Å². The SMILES string of the molecule is c1ccc2cc(-c3ccc(N(c4ccc(-c5ccc6ccccc6c5)cc4)c4ccc(-c5ccc6cc7c(cc6c5)oc5ccccc57)cc4)cc3)ccc2c1. The number of hydrogen-bond acceptors (Lipinski definition) is 2. The Morgan fingerprint density at radius 3 is 1.16 bits per heavy atom. The molecule has 262 valence electrons. The Labute approximate surface area is 325 Å². The molecule has 0 unspecified atom stereocenters. The molecule has 0 amide bonds. The van der Waals surface area contributed by atoms with Crippen molar-refractivity contribution in [2.45, 2.75) is 0 Å². The van der Waals surface area contributed by atoms with Gasteiger partial charge in [-0.2, -0.15) is 0 Å². The molecule has 0 bridgehead atoms. The Kier molecular flexibility index (Phi) is 7.53. The molecule has 11 aromatic rings. The van der Waals surface area contributed by atoms with E-state index in [0.717, 1.165) is 44.4 Å². The van der Waals surface area contributed by atoms with Gasteiger partial charge in [-0.15, -0.1) is 0 Å². The third-order valence-electron chi connectivity index (χ3n) is 11.2. The van der Waals surface area contributed by atoms with Gasteiger partial charge in [0.05, 0.1) is 0 Å².